The van der Waals surface area contributed by atoms with E-state index in [-0.39, 0.29) is 0 Å². The summed E-state index contributed by atoms with van der Waals surface area (Å²) in [6, 6.07) is 2.13. The largest absolute Gasteiger partial charge is 0.463 e. The Labute approximate surface area is 128 Å². The van der Waals surface area contributed by atoms with Gasteiger partial charge in [-0.2, -0.15) is 0 Å². The number of nitrogens with zero attached hydrogens (tertiary/aromatic N) is 1. The molecule has 0 spiro atoms. The molecule has 0 amide bonds. The van der Waals surface area contributed by atoms with Crippen LogP contribution in [0.3, 0.4) is 0 Å². The van der Waals surface area contributed by atoms with E-state index in [1.807, 2.05) is 0 Å². The molecule has 0 radical (unpaired) electrons. The number of nitrogens with one attached hydrogen (secondary N) is 1. The zero-order valence-corrected chi connectivity index (χ0v) is 13.9. The Hall–Kier alpha value is -0.880. The van der Waals surface area contributed by atoms with Gasteiger partial charge in [0.15, 0.2) is 0 Å². The quantitative estimate of drug-likeness (QED) is 0.599. The zero-order chi connectivity index (χ0) is 15.5. The Morgan fingerprint density at radius 2 is 1.86 bits per heavy atom. The lowest BCUT2D eigenvalue weighted by molar-refractivity contribution is 0.106. The molecule has 1 aromatic heterocycles. The van der Waals surface area contributed by atoms with Crippen molar-refractivity contribution in [2.24, 2.45) is 0 Å². The summed E-state index contributed by atoms with van der Waals surface area (Å²) in [7, 11) is 3.45. The molecule has 0 aliphatic carbocycles. The Kier molecular flexibility index (Phi) is 9.34. The SMILES string of the molecule is CCCNCc1oc(CN(CCOC)CCOC)cc1C. The van der Waals surface area contributed by atoms with Gasteiger partial charge in [-0.3, -0.25) is 4.90 Å². The second-order valence-corrected chi connectivity index (χ2v) is 5.26. The molecule has 0 saturated carbocycles. The van der Waals surface area contributed by atoms with E-state index in [0.717, 1.165) is 50.7 Å². The number of rotatable bonds is 12. The molecule has 1 aromatic rings. The molecule has 5 nitrogen and oxygen atoms in total. The van der Waals surface area contributed by atoms with Gasteiger partial charge >= 0.3 is 0 Å². The molecule has 5 heteroatoms. The Morgan fingerprint density at radius 3 is 2.43 bits per heavy atom. The van der Waals surface area contributed by atoms with E-state index < -0.39 is 0 Å². The highest BCUT2D eigenvalue weighted by Crippen LogP contribution is 2.16. The summed E-state index contributed by atoms with van der Waals surface area (Å²) in [5, 5.41) is 3.38. The minimum atomic E-state index is 0.717. The van der Waals surface area contributed by atoms with Gasteiger partial charge < -0.3 is 19.2 Å². The first kappa shape index (κ1) is 18.2. The Balaban J connectivity index is 2.54. The van der Waals surface area contributed by atoms with Crippen molar-refractivity contribution in [1.82, 2.24) is 10.2 Å². The average molecular weight is 298 g/mol. The number of aryl methyl sites for hydroxylation is 1. The van der Waals surface area contributed by atoms with E-state index in [1.165, 1.54) is 5.56 Å². The molecule has 1 heterocycles. The lowest BCUT2D eigenvalue weighted by Crippen LogP contribution is -2.30. The standard InChI is InChI=1S/C16H30N2O3/c1-5-6-17-12-16-14(2)11-15(21-16)13-18(7-9-19-3)8-10-20-4/h11,17H,5-10,12-13H2,1-4H3. The number of methoxy groups -OCH3 is 2. The van der Waals surface area contributed by atoms with E-state index in [0.29, 0.717) is 13.2 Å². The molecule has 122 valence electrons. The topological polar surface area (TPSA) is 46.9 Å². The van der Waals surface area contributed by atoms with E-state index in [4.69, 9.17) is 13.9 Å². The van der Waals surface area contributed by atoms with Crippen LogP contribution in [0.1, 0.15) is 30.4 Å². The van der Waals surface area contributed by atoms with Crippen LogP contribution < -0.4 is 5.32 Å². The first-order valence-corrected chi connectivity index (χ1v) is 7.70. The van der Waals surface area contributed by atoms with Crippen LogP contribution in [0.15, 0.2) is 10.5 Å². The van der Waals surface area contributed by atoms with Gasteiger partial charge in [0.25, 0.3) is 0 Å². The molecule has 0 fully saturated rings. The molecule has 0 saturated heterocycles. The molecule has 1 rings (SSSR count). The zero-order valence-electron chi connectivity index (χ0n) is 13.9. The number of ether oxygens (including phenoxy) is 2. The van der Waals surface area contributed by atoms with Gasteiger partial charge in [-0.05, 0) is 31.5 Å². The van der Waals surface area contributed by atoms with Crippen molar-refractivity contribution in [2.75, 3.05) is 47.1 Å². The molecule has 0 bridgehead atoms. The van der Waals surface area contributed by atoms with Crippen molar-refractivity contribution in [3.05, 3.63) is 23.2 Å². The molecule has 21 heavy (non-hydrogen) atoms. The lowest BCUT2D eigenvalue weighted by Gasteiger charge is -2.20. The van der Waals surface area contributed by atoms with Crippen molar-refractivity contribution in [3.63, 3.8) is 0 Å². The molecular weight excluding hydrogens is 268 g/mol. The number of hydrogen-bond donors (Lipinski definition) is 1. The fourth-order valence-electron chi connectivity index (χ4n) is 2.15. The summed E-state index contributed by atoms with van der Waals surface area (Å²) >= 11 is 0. The van der Waals surface area contributed by atoms with Crippen LogP contribution in [-0.4, -0.2) is 52.0 Å². The lowest BCUT2D eigenvalue weighted by atomic mass is 10.2. The fraction of sp³-hybridized carbons (Fsp3) is 0.750. The summed E-state index contributed by atoms with van der Waals surface area (Å²) < 4.78 is 16.3. The monoisotopic (exact) mass is 298 g/mol. The second kappa shape index (κ2) is 10.8. The molecule has 0 aromatic carbocycles. The van der Waals surface area contributed by atoms with Crippen LogP contribution in [0, 0.1) is 6.92 Å². The summed E-state index contributed by atoms with van der Waals surface area (Å²) in [5.74, 6) is 2.05. The molecule has 0 aliphatic heterocycles. The predicted octanol–water partition coefficient (Wildman–Crippen LogP) is 2.18. The van der Waals surface area contributed by atoms with Gasteiger partial charge in [0.1, 0.15) is 11.5 Å². The van der Waals surface area contributed by atoms with E-state index in [1.54, 1.807) is 14.2 Å². The molecule has 0 unspecified atom stereocenters. The fourth-order valence-corrected chi connectivity index (χ4v) is 2.15. The first-order chi connectivity index (χ1) is 10.2. The van der Waals surface area contributed by atoms with E-state index in [2.05, 4.69) is 30.1 Å². The van der Waals surface area contributed by atoms with Crippen LogP contribution in [0.5, 0.6) is 0 Å². The molecule has 1 N–H and O–H groups in total. The third-order valence-electron chi connectivity index (χ3n) is 3.39. The Morgan fingerprint density at radius 1 is 1.19 bits per heavy atom. The minimum Gasteiger partial charge on any atom is -0.463 e. The minimum absolute atomic E-state index is 0.717. The third-order valence-corrected chi connectivity index (χ3v) is 3.39. The van der Waals surface area contributed by atoms with Gasteiger partial charge in [0, 0.05) is 27.3 Å². The van der Waals surface area contributed by atoms with Crippen molar-refractivity contribution in [2.45, 2.75) is 33.4 Å². The van der Waals surface area contributed by atoms with Gasteiger partial charge in [0.2, 0.25) is 0 Å². The van der Waals surface area contributed by atoms with Gasteiger partial charge in [-0.25, -0.2) is 0 Å². The van der Waals surface area contributed by atoms with Crippen molar-refractivity contribution < 1.29 is 13.9 Å². The maximum absolute atomic E-state index is 5.97. The van der Waals surface area contributed by atoms with Crippen LogP contribution in [0.25, 0.3) is 0 Å². The summed E-state index contributed by atoms with van der Waals surface area (Å²) in [6.07, 6.45) is 1.13. The highest BCUT2D eigenvalue weighted by Gasteiger charge is 2.11. The average Bonchev–Trinajstić information content (AvgIpc) is 2.82. The van der Waals surface area contributed by atoms with Crippen LogP contribution >= 0.6 is 0 Å². The molecule has 0 aliphatic rings. The van der Waals surface area contributed by atoms with E-state index >= 15 is 0 Å². The number of furan rings is 1. The maximum Gasteiger partial charge on any atom is 0.120 e. The van der Waals surface area contributed by atoms with Crippen molar-refractivity contribution in [3.8, 4) is 0 Å². The Bertz CT molecular complexity index is 372. The van der Waals surface area contributed by atoms with Gasteiger partial charge in [0.05, 0.1) is 26.3 Å². The summed E-state index contributed by atoms with van der Waals surface area (Å²) in [5.41, 5.74) is 1.21. The highest BCUT2D eigenvalue weighted by molar-refractivity contribution is 5.20. The molecular formula is C16H30N2O3. The van der Waals surface area contributed by atoms with E-state index in [9.17, 15) is 0 Å². The summed E-state index contributed by atoms with van der Waals surface area (Å²) in [6.45, 7) is 10.1. The first-order valence-electron chi connectivity index (χ1n) is 7.70. The molecule has 0 atom stereocenters. The van der Waals surface area contributed by atoms with Crippen LogP contribution in [0.2, 0.25) is 0 Å². The second-order valence-electron chi connectivity index (χ2n) is 5.26. The normalized spacial score (nSPS) is 11.5. The van der Waals surface area contributed by atoms with Gasteiger partial charge in [-0.1, -0.05) is 6.92 Å². The smallest absolute Gasteiger partial charge is 0.120 e. The van der Waals surface area contributed by atoms with Gasteiger partial charge in [-0.15, -0.1) is 0 Å². The highest BCUT2D eigenvalue weighted by atomic mass is 16.5. The van der Waals surface area contributed by atoms with Crippen LogP contribution in [0.4, 0.5) is 0 Å². The third kappa shape index (κ3) is 7.09. The van der Waals surface area contributed by atoms with Crippen molar-refractivity contribution >= 4 is 0 Å². The maximum atomic E-state index is 5.97. The summed E-state index contributed by atoms with van der Waals surface area (Å²) in [4.78, 5) is 2.29. The number of hydrogen-bond acceptors (Lipinski definition) is 5. The van der Waals surface area contributed by atoms with Crippen LogP contribution in [-0.2, 0) is 22.6 Å². The predicted molar refractivity (Wildman–Crippen MR) is 84.5 cm³/mol. The van der Waals surface area contributed by atoms with Crippen molar-refractivity contribution in [1.29, 1.82) is 0 Å².